The zero-order valence-corrected chi connectivity index (χ0v) is 9.80. The molecule has 0 heterocycles. The molecule has 0 aliphatic carbocycles. The van der Waals surface area contributed by atoms with E-state index in [0.717, 1.165) is 12.8 Å². The maximum atomic E-state index is 5.29. The van der Waals surface area contributed by atoms with Crippen molar-refractivity contribution in [1.29, 1.82) is 0 Å². The molecule has 15 heavy (non-hydrogen) atoms. The van der Waals surface area contributed by atoms with E-state index < -0.39 is 0 Å². The van der Waals surface area contributed by atoms with Gasteiger partial charge in [0.2, 0.25) is 0 Å². The smallest absolute Gasteiger partial charge is 0.0329 e. The number of rotatable bonds is 4. The fourth-order valence-electron chi connectivity index (χ4n) is 1.90. The minimum absolute atomic E-state index is 0.377. The molecule has 1 nitrogen and oxygen atoms in total. The van der Waals surface area contributed by atoms with E-state index >= 15 is 0 Å². The van der Waals surface area contributed by atoms with Crippen LogP contribution in [0.5, 0.6) is 0 Å². The van der Waals surface area contributed by atoms with Gasteiger partial charge in [-0.15, -0.1) is 12.3 Å². The molecule has 0 saturated heterocycles. The van der Waals surface area contributed by atoms with Gasteiger partial charge < -0.3 is 5.32 Å². The molecule has 1 aromatic carbocycles. The van der Waals surface area contributed by atoms with Crippen molar-refractivity contribution in [2.24, 2.45) is 0 Å². The summed E-state index contributed by atoms with van der Waals surface area (Å²) in [7, 11) is 1.99. The number of hydrogen-bond acceptors (Lipinski definition) is 1. The van der Waals surface area contributed by atoms with Crippen LogP contribution in [0, 0.1) is 26.2 Å². The number of benzene rings is 1. The Labute approximate surface area is 92.9 Å². The van der Waals surface area contributed by atoms with Gasteiger partial charge in [0.25, 0.3) is 0 Å². The monoisotopic (exact) mass is 201 g/mol. The molecule has 1 rings (SSSR count). The molecule has 0 radical (unpaired) electrons. The first-order valence-electron chi connectivity index (χ1n) is 5.37. The lowest BCUT2D eigenvalue weighted by molar-refractivity contribution is 0.556. The SMILES string of the molecule is C#CCCC(NC)c1ccc(C)cc1C. The van der Waals surface area contributed by atoms with Crippen molar-refractivity contribution in [1.82, 2.24) is 5.32 Å². The highest BCUT2D eigenvalue weighted by Gasteiger charge is 2.10. The van der Waals surface area contributed by atoms with Gasteiger partial charge in [-0.05, 0) is 38.4 Å². The Morgan fingerprint density at radius 1 is 1.40 bits per heavy atom. The van der Waals surface area contributed by atoms with E-state index in [9.17, 15) is 0 Å². The van der Waals surface area contributed by atoms with E-state index in [2.05, 4.69) is 43.3 Å². The molecule has 1 heteroatoms. The first kappa shape index (κ1) is 11.8. The Bertz CT molecular complexity index is 360. The first-order valence-corrected chi connectivity index (χ1v) is 5.37. The van der Waals surface area contributed by atoms with Gasteiger partial charge >= 0.3 is 0 Å². The van der Waals surface area contributed by atoms with Crippen LogP contribution in [-0.4, -0.2) is 7.05 Å². The van der Waals surface area contributed by atoms with Crippen molar-refractivity contribution in [3.05, 3.63) is 34.9 Å². The van der Waals surface area contributed by atoms with E-state index in [1.165, 1.54) is 16.7 Å². The first-order chi connectivity index (χ1) is 7.19. The minimum Gasteiger partial charge on any atom is -0.313 e. The molecular weight excluding hydrogens is 182 g/mol. The summed E-state index contributed by atoms with van der Waals surface area (Å²) in [6.07, 6.45) is 7.11. The third-order valence-electron chi connectivity index (χ3n) is 2.73. The van der Waals surface area contributed by atoms with Crippen LogP contribution in [0.2, 0.25) is 0 Å². The molecular formula is C14H19N. The second kappa shape index (κ2) is 5.58. The van der Waals surface area contributed by atoms with Crippen LogP contribution in [0.25, 0.3) is 0 Å². The quantitative estimate of drug-likeness (QED) is 0.738. The molecule has 0 saturated carbocycles. The standard InChI is InChI=1S/C14H19N/c1-5-6-7-14(15-4)13-9-8-11(2)10-12(13)3/h1,8-10,14-15H,6-7H2,2-4H3. The lowest BCUT2D eigenvalue weighted by Crippen LogP contribution is -2.17. The Morgan fingerprint density at radius 3 is 2.67 bits per heavy atom. The van der Waals surface area contributed by atoms with Gasteiger partial charge in [-0.2, -0.15) is 0 Å². The Balaban J connectivity index is 2.87. The van der Waals surface area contributed by atoms with Gasteiger partial charge in [-0.3, -0.25) is 0 Å². The number of terminal acetylenes is 1. The van der Waals surface area contributed by atoms with Crippen LogP contribution in [0.1, 0.15) is 35.6 Å². The Morgan fingerprint density at radius 2 is 2.13 bits per heavy atom. The molecule has 0 aromatic heterocycles. The summed E-state index contributed by atoms with van der Waals surface area (Å²) in [6.45, 7) is 4.27. The number of nitrogens with one attached hydrogen (secondary N) is 1. The van der Waals surface area contributed by atoms with Crippen LogP contribution >= 0.6 is 0 Å². The van der Waals surface area contributed by atoms with Gasteiger partial charge in [0, 0.05) is 12.5 Å². The van der Waals surface area contributed by atoms with Crippen LogP contribution in [0.15, 0.2) is 18.2 Å². The van der Waals surface area contributed by atoms with E-state index in [1.807, 2.05) is 7.05 Å². The Kier molecular flexibility index (Phi) is 4.39. The van der Waals surface area contributed by atoms with Crippen LogP contribution in [-0.2, 0) is 0 Å². The summed E-state index contributed by atoms with van der Waals surface area (Å²) in [4.78, 5) is 0. The lowest BCUT2D eigenvalue weighted by atomic mass is 9.96. The highest BCUT2D eigenvalue weighted by Crippen LogP contribution is 2.22. The molecule has 0 aliphatic heterocycles. The van der Waals surface area contributed by atoms with Gasteiger partial charge in [0.15, 0.2) is 0 Å². The summed E-state index contributed by atoms with van der Waals surface area (Å²) >= 11 is 0. The fraction of sp³-hybridized carbons (Fsp3) is 0.429. The van der Waals surface area contributed by atoms with Gasteiger partial charge in [0.05, 0.1) is 0 Å². The van der Waals surface area contributed by atoms with Crippen LogP contribution in [0.4, 0.5) is 0 Å². The molecule has 0 bridgehead atoms. The molecule has 80 valence electrons. The van der Waals surface area contributed by atoms with Crippen molar-refractivity contribution in [3.8, 4) is 12.3 Å². The van der Waals surface area contributed by atoms with Crippen molar-refractivity contribution in [2.45, 2.75) is 32.7 Å². The summed E-state index contributed by atoms with van der Waals surface area (Å²) < 4.78 is 0. The summed E-state index contributed by atoms with van der Waals surface area (Å²) in [5, 5.41) is 3.32. The molecule has 1 aromatic rings. The van der Waals surface area contributed by atoms with E-state index in [0.29, 0.717) is 6.04 Å². The fourth-order valence-corrected chi connectivity index (χ4v) is 1.90. The van der Waals surface area contributed by atoms with Gasteiger partial charge in [-0.1, -0.05) is 23.8 Å². The zero-order chi connectivity index (χ0) is 11.3. The second-order valence-electron chi connectivity index (χ2n) is 3.94. The molecule has 0 fully saturated rings. The minimum atomic E-state index is 0.377. The number of hydrogen-bond donors (Lipinski definition) is 1. The lowest BCUT2D eigenvalue weighted by Gasteiger charge is -2.18. The van der Waals surface area contributed by atoms with Crippen molar-refractivity contribution >= 4 is 0 Å². The number of aryl methyl sites for hydroxylation is 2. The third-order valence-corrected chi connectivity index (χ3v) is 2.73. The highest BCUT2D eigenvalue weighted by atomic mass is 14.9. The largest absolute Gasteiger partial charge is 0.313 e. The Hall–Kier alpha value is -1.26. The maximum absolute atomic E-state index is 5.29. The summed E-state index contributed by atoms with van der Waals surface area (Å²) in [5.41, 5.74) is 4.01. The van der Waals surface area contributed by atoms with E-state index in [-0.39, 0.29) is 0 Å². The summed E-state index contributed by atoms with van der Waals surface area (Å²) in [6, 6.07) is 6.95. The van der Waals surface area contributed by atoms with Crippen LogP contribution in [0.3, 0.4) is 0 Å². The average molecular weight is 201 g/mol. The second-order valence-corrected chi connectivity index (χ2v) is 3.94. The molecule has 0 spiro atoms. The predicted octanol–water partition coefficient (Wildman–Crippen LogP) is 2.98. The van der Waals surface area contributed by atoms with Gasteiger partial charge in [-0.25, -0.2) is 0 Å². The zero-order valence-electron chi connectivity index (χ0n) is 9.80. The predicted molar refractivity (Wildman–Crippen MR) is 65.8 cm³/mol. The van der Waals surface area contributed by atoms with Crippen molar-refractivity contribution < 1.29 is 0 Å². The molecule has 1 atom stereocenters. The van der Waals surface area contributed by atoms with Gasteiger partial charge in [0.1, 0.15) is 0 Å². The molecule has 0 aliphatic rings. The normalized spacial score (nSPS) is 12.1. The summed E-state index contributed by atoms with van der Waals surface area (Å²) in [5.74, 6) is 2.69. The van der Waals surface area contributed by atoms with Crippen LogP contribution < -0.4 is 5.32 Å². The third kappa shape index (κ3) is 3.11. The van der Waals surface area contributed by atoms with Crippen molar-refractivity contribution in [2.75, 3.05) is 7.05 Å². The topological polar surface area (TPSA) is 12.0 Å². The maximum Gasteiger partial charge on any atom is 0.0329 e. The molecule has 1 unspecified atom stereocenters. The average Bonchev–Trinajstić information content (AvgIpc) is 2.21. The highest BCUT2D eigenvalue weighted by molar-refractivity contribution is 5.32. The molecule has 1 N–H and O–H groups in total. The van der Waals surface area contributed by atoms with E-state index in [1.54, 1.807) is 0 Å². The van der Waals surface area contributed by atoms with Crippen molar-refractivity contribution in [3.63, 3.8) is 0 Å². The molecule has 0 amide bonds. The van der Waals surface area contributed by atoms with E-state index in [4.69, 9.17) is 6.42 Å².